The van der Waals surface area contributed by atoms with Crippen molar-refractivity contribution in [1.82, 2.24) is 0 Å². The Morgan fingerprint density at radius 1 is 0.293 bits per heavy atom. The molecular formula is C73H142O17P2. The molecule has 0 saturated heterocycles. The van der Waals surface area contributed by atoms with Crippen molar-refractivity contribution >= 4 is 39.5 Å². The zero-order chi connectivity index (χ0) is 67.9. The second-order valence-electron chi connectivity index (χ2n) is 27.3. The molecule has 546 valence electrons. The predicted octanol–water partition coefficient (Wildman–Crippen LogP) is 21.2. The number of carbonyl (C=O) groups is 4. The molecule has 0 radical (unpaired) electrons. The van der Waals surface area contributed by atoms with Crippen LogP contribution in [0.2, 0.25) is 0 Å². The fourth-order valence-electron chi connectivity index (χ4n) is 11.1. The third-order valence-corrected chi connectivity index (χ3v) is 18.9. The van der Waals surface area contributed by atoms with E-state index in [1.54, 1.807) is 0 Å². The Kier molecular flexibility index (Phi) is 63.7. The van der Waals surface area contributed by atoms with E-state index in [-0.39, 0.29) is 25.7 Å². The number of hydrogen-bond donors (Lipinski definition) is 3. The highest BCUT2D eigenvalue weighted by Crippen LogP contribution is 2.45. The number of ether oxygens (including phenoxy) is 4. The summed E-state index contributed by atoms with van der Waals surface area (Å²) >= 11 is 0. The summed E-state index contributed by atoms with van der Waals surface area (Å²) in [7, 11) is -9.89. The van der Waals surface area contributed by atoms with Crippen molar-refractivity contribution in [3.63, 3.8) is 0 Å². The highest BCUT2D eigenvalue weighted by molar-refractivity contribution is 7.47. The summed E-state index contributed by atoms with van der Waals surface area (Å²) in [5.41, 5.74) is 0. The van der Waals surface area contributed by atoms with E-state index in [9.17, 15) is 43.2 Å². The lowest BCUT2D eigenvalue weighted by Gasteiger charge is -2.21. The Morgan fingerprint density at radius 2 is 0.500 bits per heavy atom. The first-order valence-corrected chi connectivity index (χ1v) is 41.0. The van der Waals surface area contributed by atoms with Crippen LogP contribution in [0.3, 0.4) is 0 Å². The van der Waals surface area contributed by atoms with Crippen LogP contribution in [0, 0.1) is 11.8 Å². The Morgan fingerprint density at radius 3 is 0.739 bits per heavy atom. The maximum absolute atomic E-state index is 13.1. The van der Waals surface area contributed by atoms with E-state index in [0.29, 0.717) is 25.7 Å². The third-order valence-electron chi connectivity index (χ3n) is 17.0. The van der Waals surface area contributed by atoms with Crippen molar-refractivity contribution in [2.45, 2.75) is 394 Å². The lowest BCUT2D eigenvalue weighted by molar-refractivity contribution is -0.161. The maximum Gasteiger partial charge on any atom is 0.472 e. The van der Waals surface area contributed by atoms with Gasteiger partial charge in [-0.15, -0.1) is 0 Å². The smallest absolute Gasteiger partial charge is 0.462 e. The number of unbranched alkanes of at least 4 members (excludes halogenated alkanes) is 42. The average molecular weight is 1350 g/mol. The normalized spacial score (nSPS) is 14.1. The number of rotatable bonds is 72. The highest BCUT2D eigenvalue weighted by atomic mass is 31.2. The lowest BCUT2D eigenvalue weighted by atomic mass is 10.0. The van der Waals surface area contributed by atoms with Gasteiger partial charge in [-0.25, -0.2) is 9.13 Å². The van der Waals surface area contributed by atoms with Crippen molar-refractivity contribution in [2.75, 3.05) is 39.6 Å². The molecule has 0 aromatic rings. The number of phosphoric acid groups is 2. The number of carbonyl (C=O) groups excluding carboxylic acids is 4. The van der Waals surface area contributed by atoms with Crippen molar-refractivity contribution in [3.05, 3.63) is 0 Å². The van der Waals surface area contributed by atoms with Gasteiger partial charge < -0.3 is 33.8 Å². The maximum atomic E-state index is 13.1. The van der Waals surface area contributed by atoms with Gasteiger partial charge in [0, 0.05) is 25.7 Å². The first kappa shape index (κ1) is 90.1. The van der Waals surface area contributed by atoms with E-state index in [0.717, 1.165) is 108 Å². The number of aliphatic hydroxyl groups excluding tert-OH is 1. The quantitative estimate of drug-likeness (QED) is 0.0222. The van der Waals surface area contributed by atoms with Gasteiger partial charge in [0.25, 0.3) is 0 Å². The zero-order valence-electron chi connectivity index (χ0n) is 59.9. The van der Waals surface area contributed by atoms with Crippen molar-refractivity contribution in [2.24, 2.45) is 11.8 Å². The SMILES string of the molecule is CCCCCCCCCCCCCCCCCCCCCCCC(=O)O[C@H](COC(=O)CCCCCCCCCCCCCCC(C)C)COP(=O)(O)OC[C@@H](O)COP(=O)(O)OC[C@@H](COC(=O)CCCCCCC)OC(=O)CCCCCCCCCCC(C)C. The van der Waals surface area contributed by atoms with E-state index in [4.69, 9.17) is 37.0 Å². The van der Waals surface area contributed by atoms with Gasteiger partial charge in [0.15, 0.2) is 12.2 Å². The monoisotopic (exact) mass is 1350 g/mol. The van der Waals surface area contributed by atoms with Crippen molar-refractivity contribution in [1.29, 1.82) is 0 Å². The molecule has 0 aliphatic heterocycles. The minimum Gasteiger partial charge on any atom is -0.462 e. The summed E-state index contributed by atoms with van der Waals surface area (Å²) in [5, 5.41) is 10.6. The second kappa shape index (κ2) is 65.0. The minimum absolute atomic E-state index is 0.104. The van der Waals surface area contributed by atoms with Gasteiger partial charge in [-0.3, -0.25) is 37.3 Å². The molecule has 0 fully saturated rings. The summed E-state index contributed by atoms with van der Waals surface area (Å²) in [6.45, 7) is 9.45. The number of aliphatic hydroxyl groups is 1. The molecule has 3 N–H and O–H groups in total. The van der Waals surface area contributed by atoms with Crippen LogP contribution in [0.25, 0.3) is 0 Å². The van der Waals surface area contributed by atoms with Crippen LogP contribution >= 0.6 is 15.6 Å². The summed E-state index contributed by atoms with van der Waals surface area (Å²) < 4.78 is 68.1. The Bertz CT molecular complexity index is 1790. The summed E-state index contributed by atoms with van der Waals surface area (Å²) in [6, 6.07) is 0. The molecule has 0 aromatic heterocycles. The van der Waals surface area contributed by atoms with Gasteiger partial charge in [-0.1, -0.05) is 324 Å². The molecule has 0 heterocycles. The number of phosphoric ester groups is 2. The van der Waals surface area contributed by atoms with E-state index >= 15 is 0 Å². The molecule has 0 aliphatic carbocycles. The van der Waals surface area contributed by atoms with Crippen LogP contribution < -0.4 is 0 Å². The van der Waals surface area contributed by atoms with Crippen LogP contribution in [0.5, 0.6) is 0 Å². The van der Waals surface area contributed by atoms with Crippen LogP contribution in [0.15, 0.2) is 0 Å². The molecule has 0 spiro atoms. The fraction of sp³-hybridized carbons (Fsp3) is 0.945. The predicted molar refractivity (Wildman–Crippen MR) is 372 cm³/mol. The standard InChI is InChI=1S/C73H142O17P2/c1-7-9-11-13-14-15-16-17-18-19-20-21-22-23-24-25-30-33-39-45-51-57-72(77)90-69(62-84-71(76)56-50-44-38-32-29-27-26-28-31-36-42-47-53-65(3)4)64-88-92(81,82)86-60-67(74)59-85-91(79,80)87-63-68(61-83-70(75)55-49-41-12-10-8-2)89-73(78)58-52-46-40-35-34-37-43-48-54-66(5)6/h65-69,74H,7-64H2,1-6H3,(H,79,80)(H,81,82)/t67-,68+,69+/m0/s1. The summed E-state index contributed by atoms with van der Waals surface area (Å²) in [5.74, 6) is -0.634. The molecular weight excluding hydrogens is 1210 g/mol. The lowest BCUT2D eigenvalue weighted by Crippen LogP contribution is -2.30. The van der Waals surface area contributed by atoms with Crippen LogP contribution in [-0.4, -0.2) is 96.7 Å². The van der Waals surface area contributed by atoms with E-state index < -0.39 is 97.5 Å². The zero-order valence-corrected chi connectivity index (χ0v) is 61.6. The van der Waals surface area contributed by atoms with Crippen molar-refractivity contribution < 1.29 is 80.2 Å². The average Bonchev–Trinajstić information content (AvgIpc) is 3.27. The van der Waals surface area contributed by atoms with Gasteiger partial charge in [-0.05, 0) is 37.5 Å². The van der Waals surface area contributed by atoms with Gasteiger partial charge in [0.2, 0.25) is 0 Å². The molecule has 5 atom stereocenters. The van der Waals surface area contributed by atoms with Gasteiger partial charge in [-0.2, -0.15) is 0 Å². The Hall–Kier alpha value is -1.94. The van der Waals surface area contributed by atoms with Crippen molar-refractivity contribution in [3.8, 4) is 0 Å². The molecule has 0 saturated carbocycles. The van der Waals surface area contributed by atoms with Crippen LogP contribution in [-0.2, 0) is 65.4 Å². The van der Waals surface area contributed by atoms with Crippen LogP contribution in [0.1, 0.15) is 375 Å². The van der Waals surface area contributed by atoms with E-state index in [2.05, 4.69) is 41.5 Å². The molecule has 0 rings (SSSR count). The molecule has 17 nitrogen and oxygen atoms in total. The summed E-state index contributed by atoms with van der Waals surface area (Å²) in [4.78, 5) is 72.3. The Labute approximate surface area is 562 Å². The molecule has 19 heteroatoms. The van der Waals surface area contributed by atoms with E-state index in [1.807, 2.05) is 0 Å². The first-order chi connectivity index (χ1) is 44.4. The largest absolute Gasteiger partial charge is 0.472 e. The first-order valence-electron chi connectivity index (χ1n) is 38.0. The molecule has 0 bridgehead atoms. The molecule has 0 aliphatic rings. The Balaban J connectivity index is 5.12. The minimum atomic E-state index is -4.95. The van der Waals surface area contributed by atoms with Gasteiger partial charge in [0.05, 0.1) is 26.4 Å². The second-order valence-corrected chi connectivity index (χ2v) is 30.2. The molecule has 92 heavy (non-hydrogen) atoms. The third kappa shape index (κ3) is 66.7. The topological polar surface area (TPSA) is 237 Å². The number of hydrogen-bond acceptors (Lipinski definition) is 15. The van der Waals surface area contributed by atoms with Crippen LogP contribution in [0.4, 0.5) is 0 Å². The van der Waals surface area contributed by atoms with Gasteiger partial charge >= 0.3 is 39.5 Å². The van der Waals surface area contributed by atoms with Gasteiger partial charge in [0.1, 0.15) is 19.3 Å². The fourth-order valence-corrected chi connectivity index (χ4v) is 12.7. The summed E-state index contributed by atoms with van der Waals surface area (Å²) in [6.07, 6.45) is 52.0. The number of esters is 4. The molecule has 2 unspecified atom stereocenters. The molecule has 0 aromatic carbocycles. The molecule has 0 amide bonds. The highest BCUT2D eigenvalue weighted by Gasteiger charge is 2.30. The van der Waals surface area contributed by atoms with E-state index in [1.165, 1.54) is 186 Å².